The van der Waals surface area contributed by atoms with Crippen LogP contribution >= 0.6 is 12.6 Å². The fourth-order valence-electron chi connectivity index (χ4n) is 1.84. The lowest BCUT2D eigenvalue weighted by atomic mass is 9.99. The molecule has 0 aliphatic heterocycles. The van der Waals surface area contributed by atoms with E-state index in [-0.39, 0.29) is 18.6 Å². The van der Waals surface area contributed by atoms with Crippen molar-refractivity contribution < 1.29 is 24.5 Å². The molecule has 0 amide bonds. The van der Waals surface area contributed by atoms with Crippen LogP contribution in [0.2, 0.25) is 0 Å². The van der Waals surface area contributed by atoms with Gasteiger partial charge in [-0.15, -0.1) is 0 Å². The number of carbonyl (C=O) groups is 2. The van der Waals surface area contributed by atoms with Gasteiger partial charge in [0.05, 0.1) is 19.6 Å². The average Bonchev–Trinajstić information content (AvgIpc) is 2.51. The van der Waals surface area contributed by atoms with E-state index in [1.165, 1.54) is 7.11 Å². The summed E-state index contributed by atoms with van der Waals surface area (Å²) in [5.41, 5.74) is 0.993. The molecule has 2 atom stereocenters. The van der Waals surface area contributed by atoms with E-state index >= 15 is 0 Å². The first-order valence-corrected chi connectivity index (χ1v) is 7.29. The Balaban J connectivity index is 2.65. The molecule has 0 aliphatic carbocycles. The smallest absolute Gasteiger partial charge is 0.305 e. The zero-order valence-corrected chi connectivity index (χ0v) is 12.8. The summed E-state index contributed by atoms with van der Waals surface area (Å²) in [4.78, 5) is 22.8. The number of methoxy groups -OCH3 is 1. The Morgan fingerprint density at radius 2 is 1.81 bits per heavy atom. The van der Waals surface area contributed by atoms with E-state index in [9.17, 15) is 19.8 Å². The number of aliphatic hydroxyl groups excluding tert-OH is 2. The van der Waals surface area contributed by atoms with Crippen molar-refractivity contribution in [2.75, 3.05) is 12.9 Å². The molecule has 6 heteroatoms. The maximum atomic E-state index is 11.9. The van der Waals surface area contributed by atoms with Gasteiger partial charge in [0.25, 0.3) is 0 Å². The van der Waals surface area contributed by atoms with Crippen LogP contribution in [-0.4, -0.2) is 40.9 Å². The summed E-state index contributed by atoms with van der Waals surface area (Å²) in [6.07, 6.45) is -1.39. The fourth-order valence-corrected chi connectivity index (χ4v) is 2.11. The Hall–Kier alpha value is -1.37. The third-order valence-corrected chi connectivity index (χ3v) is 3.41. The SMILES string of the molecule is COC(=O)CCC(=O)c1ccc(C(O)C(O)CCS)cc1. The predicted octanol–water partition coefficient (Wildman–Crippen LogP) is 1.54. The van der Waals surface area contributed by atoms with Gasteiger partial charge in [0, 0.05) is 12.0 Å². The normalized spacial score (nSPS) is 13.5. The molecule has 5 nitrogen and oxygen atoms in total. The summed E-state index contributed by atoms with van der Waals surface area (Å²) in [6, 6.07) is 6.34. The van der Waals surface area contributed by atoms with E-state index in [0.717, 1.165) is 0 Å². The second-order valence-electron chi connectivity index (χ2n) is 4.65. The summed E-state index contributed by atoms with van der Waals surface area (Å²) in [7, 11) is 1.28. The van der Waals surface area contributed by atoms with Crippen molar-refractivity contribution >= 4 is 24.4 Å². The lowest BCUT2D eigenvalue weighted by Gasteiger charge is -2.17. The van der Waals surface area contributed by atoms with Crippen molar-refractivity contribution in [2.24, 2.45) is 0 Å². The standard InChI is InChI=1S/C15H20O5S/c1-20-14(18)7-6-12(16)10-2-4-11(5-3-10)15(19)13(17)8-9-21/h2-5,13,15,17,19,21H,6-9H2,1H3. The number of aliphatic hydroxyl groups is 2. The lowest BCUT2D eigenvalue weighted by molar-refractivity contribution is -0.140. The minimum Gasteiger partial charge on any atom is -0.469 e. The second-order valence-corrected chi connectivity index (χ2v) is 5.09. The molecule has 0 spiro atoms. The van der Waals surface area contributed by atoms with Gasteiger partial charge in [-0.25, -0.2) is 0 Å². The molecule has 21 heavy (non-hydrogen) atoms. The Labute approximate surface area is 129 Å². The highest BCUT2D eigenvalue weighted by atomic mass is 32.1. The summed E-state index contributed by atoms with van der Waals surface area (Å²) in [5.74, 6) is -0.120. The molecule has 0 saturated heterocycles. The lowest BCUT2D eigenvalue weighted by Crippen LogP contribution is -2.18. The Morgan fingerprint density at radius 3 is 2.33 bits per heavy atom. The Kier molecular flexibility index (Phi) is 7.42. The van der Waals surface area contributed by atoms with Crippen LogP contribution in [0.15, 0.2) is 24.3 Å². The molecule has 0 aliphatic rings. The van der Waals surface area contributed by atoms with Crippen molar-refractivity contribution in [3.8, 4) is 0 Å². The third kappa shape index (κ3) is 5.49. The molecular formula is C15H20O5S. The van der Waals surface area contributed by atoms with Gasteiger partial charge in [-0.3, -0.25) is 9.59 Å². The predicted molar refractivity (Wildman–Crippen MR) is 81.5 cm³/mol. The zero-order valence-electron chi connectivity index (χ0n) is 11.9. The molecule has 1 rings (SSSR count). The van der Waals surface area contributed by atoms with Crippen LogP contribution in [0.5, 0.6) is 0 Å². The highest BCUT2D eigenvalue weighted by Gasteiger charge is 2.18. The second kappa shape index (κ2) is 8.81. The van der Waals surface area contributed by atoms with Crippen LogP contribution in [0.1, 0.15) is 41.3 Å². The van der Waals surface area contributed by atoms with Gasteiger partial charge in [-0.05, 0) is 17.7 Å². The molecule has 0 aromatic heterocycles. The van der Waals surface area contributed by atoms with E-state index < -0.39 is 18.2 Å². The van der Waals surface area contributed by atoms with Gasteiger partial charge in [0.2, 0.25) is 0 Å². The van der Waals surface area contributed by atoms with Crippen molar-refractivity contribution in [1.29, 1.82) is 0 Å². The first kappa shape index (κ1) is 17.7. The molecule has 0 radical (unpaired) electrons. The highest BCUT2D eigenvalue weighted by molar-refractivity contribution is 7.80. The van der Waals surface area contributed by atoms with Gasteiger partial charge in [-0.1, -0.05) is 24.3 Å². The van der Waals surface area contributed by atoms with Crippen LogP contribution in [0.3, 0.4) is 0 Å². The van der Waals surface area contributed by atoms with Gasteiger partial charge >= 0.3 is 5.97 Å². The summed E-state index contributed by atoms with van der Waals surface area (Å²) >= 11 is 4.00. The fraction of sp³-hybridized carbons (Fsp3) is 0.467. The van der Waals surface area contributed by atoms with E-state index in [1.807, 2.05) is 0 Å². The quantitative estimate of drug-likeness (QED) is 0.385. The molecule has 0 bridgehead atoms. The number of thiol groups is 1. The zero-order chi connectivity index (χ0) is 15.8. The maximum absolute atomic E-state index is 11.9. The highest BCUT2D eigenvalue weighted by Crippen LogP contribution is 2.20. The van der Waals surface area contributed by atoms with Crippen LogP contribution < -0.4 is 0 Å². The molecular weight excluding hydrogens is 292 g/mol. The summed E-state index contributed by atoms with van der Waals surface area (Å²) < 4.78 is 4.48. The van der Waals surface area contributed by atoms with Crippen molar-refractivity contribution in [3.05, 3.63) is 35.4 Å². The minimum absolute atomic E-state index is 0.0420. The topological polar surface area (TPSA) is 83.8 Å². The molecule has 2 unspecified atom stereocenters. The average molecular weight is 312 g/mol. The van der Waals surface area contributed by atoms with Crippen LogP contribution in [0.25, 0.3) is 0 Å². The van der Waals surface area contributed by atoms with Crippen molar-refractivity contribution in [1.82, 2.24) is 0 Å². The molecule has 0 saturated carbocycles. The number of rotatable bonds is 8. The van der Waals surface area contributed by atoms with Gasteiger partial charge in [0.1, 0.15) is 6.10 Å². The number of hydrogen-bond donors (Lipinski definition) is 3. The molecule has 1 aromatic rings. The summed E-state index contributed by atoms with van der Waals surface area (Å²) in [6.45, 7) is 0. The van der Waals surface area contributed by atoms with Crippen LogP contribution in [0.4, 0.5) is 0 Å². The molecule has 116 valence electrons. The van der Waals surface area contributed by atoms with E-state index in [1.54, 1.807) is 24.3 Å². The Morgan fingerprint density at radius 1 is 1.19 bits per heavy atom. The minimum atomic E-state index is -1.00. The number of benzene rings is 1. The number of esters is 1. The van der Waals surface area contributed by atoms with Crippen LogP contribution in [-0.2, 0) is 9.53 Å². The Bertz CT molecular complexity index is 471. The van der Waals surface area contributed by atoms with E-state index in [4.69, 9.17) is 0 Å². The third-order valence-electron chi connectivity index (χ3n) is 3.15. The van der Waals surface area contributed by atoms with E-state index in [2.05, 4.69) is 17.4 Å². The van der Waals surface area contributed by atoms with Gasteiger partial charge in [0.15, 0.2) is 5.78 Å². The largest absolute Gasteiger partial charge is 0.469 e. The number of ketones is 1. The van der Waals surface area contributed by atoms with Gasteiger partial charge in [-0.2, -0.15) is 12.6 Å². The van der Waals surface area contributed by atoms with Crippen LogP contribution in [0, 0.1) is 0 Å². The first-order chi connectivity index (χ1) is 9.99. The summed E-state index contributed by atoms with van der Waals surface area (Å²) in [5, 5.41) is 19.6. The van der Waals surface area contributed by atoms with Crippen molar-refractivity contribution in [3.63, 3.8) is 0 Å². The van der Waals surface area contributed by atoms with Crippen molar-refractivity contribution in [2.45, 2.75) is 31.5 Å². The number of Topliss-reactive ketones (excluding diaryl/α,β-unsaturated/α-hetero) is 1. The number of ether oxygens (including phenoxy) is 1. The number of hydrogen-bond acceptors (Lipinski definition) is 6. The molecule has 2 N–H and O–H groups in total. The molecule has 1 aromatic carbocycles. The molecule has 0 heterocycles. The maximum Gasteiger partial charge on any atom is 0.305 e. The number of carbonyl (C=O) groups excluding carboxylic acids is 2. The molecule has 0 fully saturated rings. The van der Waals surface area contributed by atoms with E-state index in [0.29, 0.717) is 23.3 Å². The van der Waals surface area contributed by atoms with Gasteiger partial charge < -0.3 is 14.9 Å². The monoisotopic (exact) mass is 312 g/mol. The first-order valence-electron chi connectivity index (χ1n) is 6.66.